The van der Waals surface area contributed by atoms with Gasteiger partial charge in [0.15, 0.2) is 11.6 Å². The van der Waals surface area contributed by atoms with Gasteiger partial charge in [0, 0.05) is 6.07 Å². The van der Waals surface area contributed by atoms with Gasteiger partial charge in [-0.2, -0.15) is 26.3 Å². The van der Waals surface area contributed by atoms with Crippen LogP contribution in [0.3, 0.4) is 0 Å². The van der Waals surface area contributed by atoms with Crippen LogP contribution in [0.1, 0.15) is 24.5 Å². The van der Waals surface area contributed by atoms with Gasteiger partial charge in [0.05, 0.1) is 11.6 Å². The van der Waals surface area contributed by atoms with E-state index in [1.54, 1.807) is 0 Å². The maximum Gasteiger partial charge on any atom is 0.426 e. The molecule has 0 atom stereocenters. The minimum Gasteiger partial charge on any atom is -0.429 e. The molecule has 0 spiro atoms. The standard InChI is InChI=1S/C31H23F7O2/c1-2-3-20-4-6-21(7-5-20)22-8-10-23(11-9-22)24-12-14-25(15-13-24)31(37,38)39-26-16-17-28(27(32)18-26)40-30(35,36)19-29(33)34/h4-19H,2-3H2,1H3. The first-order chi connectivity index (χ1) is 19.0. The Kier molecular flexibility index (Phi) is 8.52. The van der Waals surface area contributed by atoms with E-state index in [1.807, 2.05) is 24.3 Å². The fourth-order valence-electron chi connectivity index (χ4n) is 4.00. The minimum atomic E-state index is -4.51. The highest BCUT2D eigenvalue weighted by Gasteiger charge is 2.35. The Morgan fingerprint density at radius 3 is 1.68 bits per heavy atom. The van der Waals surface area contributed by atoms with Crippen LogP contribution in [-0.2, 0) is 12.5 Å². The molecule has 0 aliphatic carbocycles. The molecule has 0 saturated carbocycles. The van der Waals surface area contributed by atoms with Crippen LogP contribution < -0.4 is 9.47 Å². The topological polar surface area (TPSA) is 18.5 Å². The second-order valence-corrected chi connectivity index (χ2v) is 8.91. The fourth-order valence-corrected chi connectivity index (χ4v) is 4.00. The van der Waals surface area contributed by atoms with Crippen molar-refractivity contribution >= 4 is 0 Å². The maximum atomic E-state index is 14.8. The predicted octanol–water partition coefficient (Wildman–Crippen LogP) is 9.99. The molecule has 40 heavy (non-hydrogen) atoms. The van der Waals surface area contributed by atoms with Crippen molar-refractivity contribution in [3.8, 4) is 33.8 Å². The number of benzene rings is 4. The first-order valence-electron chi connectivity index (χ1n) is 12.2. The Labute approximate surface area is 226 Å². The summed E-state index contributed by atoms with van der Waals surface area (Å²) in [5.74, 6) is -3.31. The second-order valence-electron chi connectivity index (χ2n) is 8.91. The summed E-state index contributed by atoms with van der Waals surface area (Å²) < 4.78 is 103. The lowest BCUT2D eigenvalue weighted by Gasteiger charge is -2.19. The molecular formula is C31H23F7O2. The van der Waals surface area contributed by atoms with E-state index in [-0.39, 0.29) is 0 Å². The lowest BCUT2D eigenvalue weighted by atomic mass is 9.98. The number of halogens is 7. The zero-order chi connectivity index (χ0) is 28.9. The predicted molar refractivity (Wildman–Crippen MR) is 138 cm³/mol. The van der Waals surface area contributed by atoms with E-state index in [0.29, 0.717) is 17.7 Å². The van der Waals surface area contributed by atoms with Crippen LogP contribution in [0.5, 0.6) is 11.5 Å². The smallest absolute Gasteiger partial charge is 0.426 e. The summed E-state index contributed by atoms with van der Waals surface area (Å²) in [6.45, 7) is 2.13. The van der Waals surface area contributed by atoms with E-state index in [2.05, 4.69) is 40.7 Å². The van der Waals surface area contributed by atoms with Crippen molar-refractivity contribution in [3.63, 3.8) is 0 Å². The summed E-state index contributed by atoms with van der Waals surface area (Å²) in [5, 5.41) is 0. The average Bonchev–Trinajstić information content (AvgIpc) is 2.90. The van der Waals surface area contributed by atoms with Gasteiger partial charge in [0.1, 0.15) is 5.75 Å². The molecule has 0 aliphatic rings. The second kappa shape index (κ2) is 11.9. The van der Waals surface area contributed by atoms with Gasteiger partial charge >= 0.3 is 12.2 Å². The molecule has 0 radical (unpaired) electrons. The zero-order valence-electron chi connectivity index (χ0n) is 21.1. The van der Waals surface area contributed by atoms with E-state index in [9.17, 15) is 30.7 Å². The zero-order valence-corrected chi connectivity index (χ0v) is 21.1. The molecule has 0 unspecified atom stereocenters. The normalized spacial score (nSPS) is 11.7. The number of rotatable bonds is 10. The van der Waals surface area contributed by atoms with Gasteiger partial charge < -0.3 is 9.47 Å². The highest BCUT2D eigenvalue weighted by atomic mass is 19.3. The van der Waals surface area contributed by atoms with Crippen molar-refractivity contribution in [3.05, 3.63) is 120 Å². The van der Waals surface area contributed by atoms with Gasteiger partial charge in [0.2, 0.25) is 0 Å². The SMILES string of the molecule is CCCc1ccc(-c2ccc(-c3ccc(C(F)(F)Oc4ccc(OC(F)(F)C=C(F)F)c(F)c4)cc3)cc2)cc1. The first-order valence-corrected chi connectivity index (χ1v) is 12.2. The first kappa shape index (κ1) is 28.7. The van der Waals surface area contributed by atoms with Crippen LogP contribution in [0, 0.1) is 5.82 Å². The molecule has 0 heterocycles. The Hall–Kier alpha value is -4.27. The molecule has 2 nitrogen and oxygen atoms in total. The summed E-state index contributed by atoms with van der Waals surface area (Å²) >= 11 is 0. The summed E-state index contributed by atoms with van der Waals surface area (Å²) in [6, 6.07) is 23.0. The molecule has 0 bridgehead atoms. The Bertz CT molecular complexity index is 1460. The van der Waals surface area contributed by atoms with Gasteiger partial charge in [-0.1, -0.05) is 74.0 Å². The minimum absolute atomic E-state index is 0.391. The van der Waals surface area contributed by atoms with Crippen molar-refractivity contribution in [2.24, 2.45) is 0 Å². The molecule has 9 heteroatoms. The van der Waals surface area contributed by atoms with Crippen molar-refractivity contribution in [1.82, 2.24) is 0 Å². The third kappa shape index (κ3) is 7.22. The highest BCUT2D eigenvalue weighted by molar-refractivity contribution is 5.70. The van der Waals surface area contributed by atoms with Crippen LogP contribution in [0.2, 0.25) is 0 Å². The molecule has 0 aliphatic heterocycles. The van der Waals surface area contributed by atoms with E-state index in [0.717, 1.165) is 47.7 Å². The average molecular weight is 561 g/mol. The van der Waals surface area contributed by atoms with Crippen molar-refractivity contribution < 1.29 is 40.2 Å². The Balaban J connectivity index is 1.44. The van der Waals surface area contributed by atoms with Crippen LogP contribution in [0.15, 0.2) is 103 Å². The van der Waals surface area contributed by atoms with Gasteiger partial charge in [0.25, 0.3) is 6.08 Å². The molecule has 0 saturated heterocycles. The van der Waals surface area contributed by atoms with Crippen molar-refractivity contribution in [2.75, 3.05) is 0 Å². The summed E-state index contributed by atoms with van der Waals surface area (Å²) in [4.78, 5) is 0. The number of ether oxygens (including phenoxy) is 2. The van der Waals surface area contributed by atoms with Crippen LogP contribution in [-0.4, -0.2) is 6.11 Å². The molecule has 4 aromatic rings. The number of alkyl halides is 4. The van der Waals surface area contributed by atoms with Crippen LogP contribution in [0.4, 0.5) is 30.7 Å². The monoisotopic (exact) mass is 560 g/mol. The van der Waals surface area contributed by atoms with E-state index < -0.39 is 47.3 Å². The van der Waals surface area contributed by atoms with Crippen LogP contribution >= 0.6 is 0 Å². The van der Waals surface area contributed by atoms with Gasteiger partial charge in [-0.3, -0.25) is 0 Å². The molecule has 208 valence electrons. The molecule has 0 fully saturated rings. The molecule has 0 aromatic heterocycles. The van der Waals surface area contributed by atoms with E-state index >= 15 is 0 Å². The third-order valence-corrected chi connectivity index (χ3v) is 5.94. The van der Waals surface area contributed by atoms with E-state index in [4.69, 9.17) is 0 Å². The Morgan fingerprint density at radius 2 is 1.20 bits per heavy atom. The molecule has 0 amide bonds. The number of aryl methyl sites for hydroxylation is 1. The van der Waals surface area contributed by atoms with E-state index in [1.165, 1.54) is 17.7 Å². The number of hydrogen-bond donors (Lipinski definition) is 0. The summed E-state index contributed by atoms with van der Waals surface area (Å²) in [5.41, 5.74) is 4.30. The third-order valence-electron chi connectivity index (χ3n) is 5.94. The Morgan fingerprint density at radius 1 is 0.700 bits per heavy atom. The van der Waals surface area contributed by atoms with Gasteiger partial charge in [-0.15, -0.1) is 0 Å². The number of hydrogen-bond acceptors (Lipinski definition) is 2. The molecular weight excluding hydrogens is 537 g/mol. The van der Waals surface area contributed by atoms with Gasteiger partial charge in [-0.25, -0.2) is 4.39 Å². The van der Waals surface area contributed by atoms with Crippen LogP contribution in [0.25, 0.3) is 22.3 Å². The summed E-state index contributed by atoms with van der Waals surface area (Å²) in [7, 11) is 0. The largest absolute Gasteiger partial charge is 0.429 e. The lowest BCUT2D eigenvalue weighted by Crippen LogP contribution is -2.23. The quantitative estimate of drug-likeness (QED) is 0.180. The fraction of sp³-hybridized carbons (Fsp3) is 0.161. The maximum absolute atomic E-state index is 14.8. The molecule has 4 aromatic carbocycles. The summed E-state index contributed by atoms with van der Waals surface area (Å²) in [6.07, 6.45) is -9.86. The van der Waals surface area contributed by atoms with Crippen molar-refractivity contribution in [1.29, 1.82) is 0 Å². The van der Waals surface area contributed by atoms with Crippen molar-refractivity contribution in [2.45, 2.75) is 32.0 Å². The molecule has 4 rings (SSSR count). The lowest BCUT2D eigenvalue weighted by molar-refractivity contribution is -0.185. The highest BCUT2D eigenvalue weighted by Crippen LogP contribution is 2.36. The van der Waals surface area contributed by atoms with Gasteiger partial charge in [-0.05, 0) is 58.5 Å². The molecule has 0 N–H and O–H groups in total.